The number of hydrogen-bond acceptors (Lipinski definition) is 6. The van der Waals surface area contributed by atoms with Gasteiger partial charge in [-0.2, -0.15) is 0 Å². The predicted molar refractivity (Wildman–Crippen MR) is 128 cm³/mol. The van der Waals surface area contributed by atoms with E-state index in [2.05, 4.69) is 22.4 Å². The molecule has 1 amide bonds. The minimum atomic E-state index is -0.206. The summed E-state index contributed by atoms with van der Waals surface area (Å²) in [6.45, 7) is 1.89. The van der Waals surface area contributed by atoms with Gasteiger partial charge >= 0.3 is 0 Å². The molecule has 31 heavy (non-hydrogen) atoms. The molecule has 0 aliphatic carbocycles. The number of thioether (sulfide) groups is 2. The van der Waals surface area contributed by atoms with Crippen LogP contribution in [0.25, 0.3) is 0 Å². The zero-order valence-electron chi connectivity index (χ0n) is 17.2. The maximum absolute atomic E-state index is 12.3. The van der Waals surface area contributed by atoms with E-state index in [1.165, 1.54) is 23.5 Å². The van der Waals surface area contributed by atoms with Crippen LogP contribution in [0, 0.1) is 6.92 Å². The second-order valence-electron chi connectivity index (χ2n) is 7.10. The normalized spacial score (nSPS) is 14.1. The highest BCUT2D eigenvalue weighted by atomic mass is 32.2. The number of rotatable bonds is 7. The molecule has 1 fully saturated rings. The minimum Gasteiger partial charge on any atom is -0.484 e. The van der Waals surface area contributed by atoms with Crippen molar-refractivity contribution in [2.75, 3.05) is 23.4 Å². The predicted octanol–water partition coefficient (Wildman–Crippen LogP) is 6.07. The van der Waals surface area contributed by atoms with Crippen molar-refractivity contribution in [1.82, 2.24) is 4.98 Å². The van der Waals surface area contributed by atoms with Crippen LogP contribution in [-0.4, -0.2) is 29.0 Å². The summed E-state index contributed by atoms with van der Waals surface area (Å²) in [5, 5.41) is 2.87. The Hall–Kier alpha value is -2.64. The van der Waals surface area contributed by atoms with Crippen molar-refractivity contribution in [3.05, 3.63) is 78.1 Å². The van der Waals surface area contributed by atoms with E-state index in [1.54, 1.807) is 12.4 Å². The van der Waals surface area contributed by atoms with E-state index in [0.717, 1.165) is 11.3 Å². The molecule has 7 heteroatoms. The third kappa shape index (κ3) is 6.18. The largest absolute Gasteiger partial charge is 0.484 e. The number of hydrogen-bond donors (Lipinski definition) is 1. The van der Waals surface area contributed by atoms with Gasteiger partial charge in [-0.05, 0) is 78.4 Å². The van der Waals surface area contributed by atoms with Gasteiger partial charge in [-0.1, -0.05) is 12.1 Å². The average molecular weight is 453 g/mol. The number of carbonyl (C=O) groups excluding carboxylic acids is 1. The number of nitrogens with zero attached hydrogens (tertiary/aromatic N) is 1. The van der Waals surface area contributed by atoms with Crippen LogP contribution in [0.3, 0.4) is 0 Å². The van der Waals surface area contributed by atoms with Gasteiger partial charge in [0.25, 0.3) is 5.91 Å². The van der Waals surface area contributed by atoms with Gasteiger partial charge in [0.15, 0.2) is 6.61 Å². The molecule has 0 saturated carbocycles. The molecule has 0 atom stereocenters. The second kappa shape index (κ2) is 10.6. The van der Waals surface area contributed by atoms with E-state index in [9.17, 15) is 4.79 Å². The van der Waals surface area contributed by atoms with Crippen LogP contribution in [0.4, 0.5) is 5.69 Å². The van der Waals surface area contributed by atoms with E-state index in [1.807, 2.05) is 72.9 Å². The number of ether oxygens (including phenoxy) is 2. The first kappa shape index (κ1) is 21.6. The van der Waals surface area contributed by atoms with Crippen LogP contribution in [0.1, 0.15) is 22.1 Å². The monoisotopic (exact) mass is 452 g/mol. The fourth-order valence-electron chi connectivity index (χ4n) is 3.12. The van der Waals surface area contributed by atoms with Crippen LogP contribution < -0.4 is 14.8 Å². The topological polar surface area (TPSA) is 60.5 Å². The van der Waals surface area contributed by atoms with Gasteiger partial charge in [-0.15, -0.1) is 23.5 Å². The standard InChI is InChI=1S/C24H24N2O3S2/c1-17-14-19(7-10-22(17)29-21-4-2-11-25-15-21)26-23(27)16-28-20-8-5-18(6-9-20)24-30-12-3-13-31-24/h2,4-11,14-15,24H,3,12-13,16H2,1H3,(H,26,27). The number of pyridine rings is 1. The Bertz CT molecular complexity index is 1010. The van der Waals surface area contributed by atoms with E-state index >= 15 is 0 Å². The molecule has 5 nitrogen and oxygen atoms in total. The zero-order valence-corrected chi connectivity index (χ0v) is 18.9. The van der Waals surface area contributed by atoms with Gasteiger partial charge in [0, 0.05) is 11.9 Å². The first-order valence-electron chi connectivity index (χ1n) is 10.1. The SMILES string of the molecule is Cc1cc(NC(=O)COc2ccc(C3SCCCS3)cc2)ccc1Oc1cccnc1. The molecule has 1 N–H and O–H groups in total. The van der Waals surface area contributed by atoms with E-state index in [0.29, 0.717) is 21.8 Å². The summed E-state index contributed by atoms with van der Waals surface area (Å²) in [6.07, 6.45) is 4.64. The van der Waals surface area contributed by atoms with Gasteiger partial charge in [0.2, 0.25) is 0 Å². The van der Waals surface area contributed by atoms with Gasteiger partial charge < -0.3 is 14.8 Å². The molecule has 1 aliphatic heterocycles. The molecular formula is C24H24N2O3S2. The number of aromatic nitrogens is 1. The number of anilines is 1. The summed E-state index contributed by atoms with van der Waals surface area (Å²) in [6, 6.07) is 17.2. The number of nitrogens with one attached hydrogen (secondary N) is 1. The third-order valence-corrected chi connectivity index (χ3v) is 7.69. The second-order valence-corrected chi connectivity index (χ2v) is 9.83. The molecule has 0 radical (unpaired) electrons. The number of benzene rings is 2. The van der Waals surface area contributed by atoms with Crippen molar-refractivity contribution in [3.63, 3.8) is 0 Å². The lowest BCUT2D eigenvalue weighted by atomic mass is 10.2. The van der Waals surface area contributed by atoms with E-state index < -0.39 is 0 Å². The molecule has 1 saturated heterocycles. The molecule has 0 bridgehead atoms. The summed E-state index contributed by atoms with van der Waals surface area (Å²) in [5.41, 5.74) is 2.92. The molecule has 2 heterocycles. The Morgan fingerprint density at radius 2 is 1.90 bits per heavy atom. The summed E-state index contributed by atoms with van der Waals surface area (Å²) in [4.78, 5) is 16.3. The molecule has 3 aromatic rings. The Labute approximate surface area is 190 Å². The van der Waals surface area contributed by atoms with Crippen molar-refractivity contribution >= 4 is 35.1 Å². The highest BCUT2D eigenvalue weighted by Crippen LogP contribution is 2.43. The summed E-state index contributed by atoms with van der Waals surface area (Å²) in [7, 11) is 0. The van der Waals surface area contributed by atoms with Crippen molar-refractivity contribution in [1.29, 1.82) is 0 Å². The summed E-state index contributed by atoms with van der Waals surface area (Å²) >= 11 is 3.98. The maximum atomic E-state index is 12.3. The summed E-state index contributed by atoms with van der Waals surface area (Å²) < 4.78 is 12.0. The molecule has 160 valence electrons. The Morgan fingerprint density at radius 1 is 1.10 bits per heavy atom. The fourth-order valence-corrected chi connectivity index (χ4v) is 6.02. The van der Waals surface area contributed by atoms with Crippen LogP contribution in [0.5, 0.6) is 17.2 Å². The lowest BCUT2D eigenvalue weighted by molar-refractivity contribution is -0.118. The number of aryl methyl sites for hydroxylation is 1. The number of carbonyl (C=O) groups is 1. The Balaban J connectivity index is 1.28. The first-order valence-corrected chi connectivity index (χ1v) is 12.2. The zero-order chi connectivity index (χ0) is 21.5. The van der Waals surface area contributed by atoms with Gasteiger partial charge in [0.1, 0.15) is 17.2 Å². The van der Waals surface area contributed by atoms with Crippen molar-refractivity contribution in [2.45, 2.75) is 17.9 Å². The van der Waals surface area contributed by atoms with Crippen LogP contribution >= 0.6 is 23.5 Å². The van der Waals surface area contributed by atoms with Crippen LogP contribution in [0.2, 0.25) is 0 Å². The molecule has 0 spiro atoms. The number of amides is 1. The quantitative estimate of drug-likeness (QED) is 0.470. The smallest absolute Gasteiger partial charge is 0.262 e. The lowest BCUT2D eigenvalue weighted by Crippen LogP contribution is -2.20. The molecule has 2 aromatic carbocycles. The molecule has 0 unspecified atom stereocenters. The molecule has 4 rings (SSSR count). The van der Waals surface area contributed by atoms with Gasteiger partial charge in [-0.25, -0.2) is 0 Å². The van der Waals surface area contributed by atoms with E-state index in [4.69, 9.17) is 9.47 Å². The Kier molecular flexibility index (Phi) is 7.38. The van der Waals surface area contributed by atoms with Crippen molar-refractivity contribution in [2.24, 2.45) is 0 Å². The van der Waals surface area contributed by atoms with E-state index in [-0.39, 0.29) is 12.5 Å². The van der Waals surface area contributed by atoms with Crippen LogP contribution in [-0.2, 0) is 4.79 Å². The Morgan fingerprint density at radius 3 is 2.61 bits per heavy atom. The molecular weight excluding hydrogens is 428 g/mol. The van der Waals surface area contributed by atoms with Gasteiger partial charge in [0.05, 0.1) is 10.8 Å². The van der Waals surface area contributed by atoms with Crippen LogP contribution in [0.15, 0.2) is 67.0 Å². The van der Waals surface area contributed by atoms with Crippen molar-refractivity contribution < 1.29 is 14.3 Å². The summed E-state index contributed by atoms with van der Waals surface area (Å²) in [5.74, 6) is 4.31. The maximum Gasteiger partial charge on any atom is 0.262 e. The van der Waals surface area contributed by atoms with Gasteiger partial charge in [-0.3, -0.25) is 9.78 Å². The molecule has 1 aliphatic rings. The average Bonchev–Trinajstić information content (AvgIpc) is 2.81. The van der Waals surface area contributed by atoms with Crippen molar-refractivity contribution in [3.8, 4) is 17.2 Å². The fraction of sp³-hybridized carbons (Fsp3) is 0.250. The highest BCUT2D eigenvalue weighted by Gasteiger charge is 2.16. The highest BCUT2D eigenvalue weighted by molar-refractivity contribution is 8.16. The first-order chi connectivity index (χ1) is 15.2. The molecule has 1 aromatic heterocycles. The lowest BCUT2D eigenvalue weighted by Gasteiger charge is -2.21. The minimum absolute atomic E-state index is 0.0424. The third-order valence-electron chi connectivity index (χ3n) is 4.67.